The molecule has 98 valence electrons. The van der Waals surface area contributed by atoms with Crippen molar-refractivity contribution in [1.29, 1.82) is 5.26 Å². The molecule has 2 heterocycles. The van der Waals surface area contributed by atoms with E-state index in [4.69, 9.17) is 5.26 Å². The van der Waals surface area contributed by atoms with Crippen LogP contribution in [0.4, 0.5) is 5.82 Å². The van der Waals surface area contributed by atoms with Crippen LogP contribution in [-0.4, -0.2) is 20.8 Å². The van der Waals surface area contributed by atoms with Crippen LogP contribution in [0, 0.1) is 18.3 Å². The van der Waals surface area contributed by atoms with Crippen molar-refractivity contribution in [2.45, 2.75) is 32.9 Å². The largest absolute Gasteiger partial charge is 0.365 e. The van der Waals surface area contributed by atoms with Gasteiger partial charge in [-0.25, -0.2) is 4.98 Å². The Hall–Kier alpha value is -2.35. The minimum absolute atomic E-state index is 0.180. The van der Waals surface area contributed by atoms with E-state index < -0.39 is 0 Å². The molecule has 5 nitrogen and oxygen atoms in total. The molecule has 0 aliphatic carbocycles. The number of anilines is 1. The summed E-state index contributed by atoms with van der Waals surface area (Å²) in [6, 6.07) is 6.02. The first-order valence-electron chi connectivity index (χ1n) is 6.23. The molecule has 2 rings (SSSR count). The van der Waals surface area contributed by atoms with Gasteiger partial charge in [0.15, 0.2) is 0 Å². The minimum Gasteiger partial charge on any atom is -0.365 e. The summed E-state index contributed by atoms with van der Waals surface area (Å²) in [5, 5.41) is 16.4. The Bertz CT molecular complexity index is 579. The van der Waals surface area contributed by atoms with Gasteiger partial charge in [-0.15, -0.1) is 0 Å². The van der Waals surface area contributed by atoms with Crippen molar-refractivity contribution in [3.8, 4) is 6.07 Å². The molecule has 0 radical (unpaired) electrons. The van der Waals surface area contributed by atoms with Gasteiger partial charge in [-0.3, -0.25) is 4.68 Å². The zero-order valence-electron chi connectivity index (χ0n) is 11.3. The number of aromatic nitrogens is 3. The lowest BCUT2D eigenvalue weighted by Crippen LogP contribution is -2.27. The van der Waals surface area contributed by atoms with Crippen LogP contribution in [0.25, 0.3) is 0 Å². The van der Waals surface area contributed by atoms with Crippen LogP contribution in [0.2, 0.25) is 0 Å². The highest BCUT2D eigenvalue weighted by atomic mass is 15.3. The molecule has 0 aliphatic rings. The number of nitrogens with zero attached hydrogens (tertiary/aromatic N) is 4. The van der Waals surface area contributed by atoms with E-state index in [2.05, 4.69) is 35.3 Å². The van der Waals surface area contributed by atoms with Crippen molar-refractivity contribution in [2.75, 3.05) is 5.32 Å². The Kier molecular flexibility index (Phi) is 3.81. The Morgan fingerprint density at radius 2 is 2.11 bits per heavy atom. The standard InChI is InChI=1S/C14H17N5/c1-10-7-17-19(9-10)12(3)11(2)18-14-5-4-13(6-15)8-16-14/h4-5,7-9,11-12H,1-3H3,(H,16,18)/t11-,12+/m0/s1. The highest BCUT2D eigenvalue weighted by molar-refractivity contribution is 5.39. The Balaban J connectivity index is 2.03. The molecule has 2 aromatic heterocycles. The third-order valence-electron chi connectivity index (χ3n) is 3.14. The number of hydrogen-bond acceptors (Lipinski definition) is 4. The number of aryl methyl sites for hydroxylation is 1. The van der Waals surface area contributed by atoms with Crippen LogP contribution < -0.4 is 5.32 Å². The minimum atomic E-state index is 0.180. The van der Waals surface area contributed by atoms with Crippen molar-refractivity contribution < 1.29 is 0 Å². The quantitative estimate of drug-likeness (QED) is 0.911. The van der Waals surface area contributed by atoms with E-state index >= 15 is 0 Å². The second kappa shape index (κ2) is 5.53. The first-order chi connectivity index (χ1) is 9.10. The Labute approximate surface area is 112 Å². The summed E-state index contributed by atoms with van der Waals surface area (Å²) in [5.74, 6) is 0.766. The predicted octanol–water partition coefficient (Wildman–Crippen LogP) is 2.52. The van der Waals surface area contributed by atoms with Crippen LogP contribution in [0.3, 0.4) is 0 Å². The number of nitriles is 1. The summed E-state index contributed by atoms with van der Waals surface area (Å²) in [6.45, 7) is 6.21. The molecule has 19 heavy (non-hydrogen) atoms. The third kappa shape index (κ3) is 3.10. The maximum absolute atomic E-state index is 8.73. The van der Waals surface area contributed by atoms with Crippen molar-refractivity contribution in [3.05, 3.63) is 41.9 Å². The smallest absolute Gasteiger partial charge is 0.126 e. The summed E-state index contributed by atoms with van der Waals surface area (Å²) in [6.07, 6.45) is 5.44. The monoisotopic (exact) mass is 255 g/mol. The highest BCUT2D eigenvalue weighted by Crippen LogP contribution is 2.15. The molecule has 0 amide bonds. The van der Waals surface area contributed by atoms with Gasteiger partial charge in [0.25, 0.3) is 0 Å². The molecule has 0 fully saturated rings. The predicted molar refractivity (Wildman–Crippen MR) is 73.7 cm³/mol. The van der Waals surface area contributed by atoms with E-state index in [9.17, 15) is 0 Å². The first kappa shape index (κ1) is 13.1. The van der Waals surface area contributed by atoms with E-state index in [-0.39, 0.29) is 12.1 Å². The highest BCUT2D eigenvalue weighted by Gasteiger charge is 2.14. The van der Waals surface area contributed by atoms with E-state index in [1.54, 1.807) is 12.3 Å². The zero-order chi connectivity index (χ0) is 13.8. The van der Waals surface area contributed by atoms with E-state index in [0.29, 0.717) is 5.56 Å². The molecule has 0 saturated carbocycles. The van der Waals surface area contributed by atoms with E-state index in [1.807, 2.05) is 30.1 Å². The maximum atomic E-state index is 8.73. The number of rotatable bonds is 4. The molecule has 5 heteroatoms. The molecule has 2 atom stereocenters. The van der Waals surface area contributed by atoms with Gasteiger partial charge in [-0.2, -0.15) is 10.4 Å². The number of nitrogens with one attached hydrogen (secondary N) is 1. The molecular weight excluding hydrogens is 238 g/mol. The summed E-state index contributed by atoms with van der Waals surface area (Å²) in [5.41, 5.74) is 1.71. The van der Waals surface area contributed by atoms with Crippen molar-refractivity contribution in [3.63, 3.8) is 0 Å². The maximum Gasteiger partial charge on any atom is 0.126 e. The second-order valence-electron chi connectivity index (χ2n) is 4.72. The average molecular weight is 255 g/mol. The number of hydrogen-bond donors (Lipinski definition) is 1. The van der Waals surface area contributed by atoms with Crippen LogP contribution in [-0.2, 0) is 0 Å². The molecule has 1 N–H and O–H groups in total. The molecule has 0 bridgehead atoms. The average Bonchev–Trinajstić information content (AvgIpc) is 2.85. The fourth-order valence-electron chi connectivity index (χ4n) is 1.78. The van der Waals surface area contributed by atoms with Crippen molar-refractivity contribution in [1.82, 2.24) is 14.8 Å². The van der Waals surface area contributed by atoms with E-state index in [0.717, 1.165) is 11.4 Å². The Morgan fingerprint density at radius 3 is 2.63 bits per heavy atom. The van der Waals surface area contributed by atoms with Gasteiger partial charge in [0, 0.05) is 18.4 Å². The molecule has 0 spiro atoms. The number of pyridine rings is 1. The van der Waals surface area contributed by atoms with Crippen LogP contribution in [0.15, 0.2) is 30.7 Å². The van der Waals surface area contributed by atoms with Gasteiger partial charge >= 0.3 is 0 Å². The van der Waals surface area contributed by atoms with Gasteiger partial charge in [0.2, 0.25) is 0 Å². The van der Waals surface area contributed by atoms with Gasteiger partial charge in [-0.05, 0) is 38.5 Å². The van der Waals surface area contributed by atoms with Crippen molar-refractivity contribution in [2.24, 2.45) is 0 Å². The zero-order valence-corrected chi connectivity index (χ0v) is 11.3. The summed E-state index contributed by atoms with van der Waals surface area (Å²) < 4.78 is 1.94. The lowest BCUT2D eigenvalue weighted by atomic mass is 10.1. The first-order valence-corrected chi connectivity index (χ1v) is 6.23. The molecule has 0 aliphatic heterocycles. The van der Waals surface area contributed by atoms with Crippen LogP contribution in [0.1, 0.15) is 31.0 Å². The second-order valence-corrected chi connectivity index (χ2v) is 4.72. The van der Waals surface area contributed by atoms with Gasteiger partial charge < -0.3 is 5.32 Å². The molecule has 2 aromatic rings. The summed E-state index contributed by atoms with van der Waals surface area (Å²) in [4.78, 5) is 4.21. The topological polar surface area (TPSA) is 66.5 Å². The molecule has 0 saturated heterocycles. The SMILES string of the molecule is Cc1cnn([C@H](C)[C@H](C)Nc2ccc(C#N)cn2)c1. The summed E-state index contributed by atoms with van der Waals surface area (Å²) in [7, 11) is 0. The van der Waals surface area contributed by atoms with Gasteiger partial charge in [0.1, 0.15) is 11.9 Å². The third-order valence-corrected chi connectivity index (χ3v) is 3.14. The fraction of sp³-hybridized carbons (Fsp3) is 0.357. The normalized spacial score (nSPS) is 13.6. The lowest BCUT2D eigenvalue weighted by Gasteiger charge is -2.22. The van der Waals surface area contributed by atoms with Crippen LogP contribution in [0.5, 0.6) is 0 Å². The lowest BCUT2D eigenvalue weighted by molar-refractivity contribution is 0.442. The Morgan fingerprint density at radius 1 is 1.32 bits per heavy atom. The van der Waals surface area contributed by atoms with Crippen LogP contribution >= 0.6 is 0 Å². The van der Waals surface area contributed by atoms with Crippen molar-refractivity contribution >= 4 is 5.82 Å². The molecule has 0 aromatic carbocycles. The van der Waals surface area contributed by atoms with E-state index in [1.165, 1.54) is 0 Å². The molecular formula is C14H17N5. The van der Waals surface area contributed by atoms with Gasteiger partial charge in [-0.1, -0.05) is 0 Å². The molecule has 0 unspecified atom stereocenters. The van der Waals surface area contributed by atoms with Gasteiger partial charge in [0.05, 0.1) is 17.8 Å². The summed E-state index contributed by atoms with van der Waals surface area (Å²) >= 11 is 0. The fourth-order valence-corrected chi connectivity index (χ4v) is 1.78.